The summed E-state index contributed by atoms with van der Waals surface area (Å²) in [6, 6.07) is 30.6. The van der Waals surface area contributed by atoms with Crippen molar-refractivity contribution >= 4 is 72.1 Å². The van der Waals surface area contributed by atoms with Crippen LogP contribution in [-0.2, 0) is 54.2 Å². The molecule has 410 valence electrons. The van der Waals surface area contributed by atoms with E-state index in [2.05, 4.69) is 70.4 Å². The second-order valence-corrected chi connectivity index (χ2v) is 16.7. The Morgan fingerprint density at radius 1 is 0.570 bits per heavy atom. The van der Waals surface area contributed by atoms with Gasteiger partial charge in [0, 0.05) is 35.7 Å². The van der Waals surface area contributed by atoms with E-state index in [1.807, 2.05) is 53.4 Å². The van der Waals surface area contributed by atoms with Crippen molar-refractivity contribution in [3.05, 3.63) is 168 Å². The van der Waals surface area contributed by atoms with Gasteiger partial charge in [0.2, 0.25) is 0 Å². The molecule has 0 saturated carbocycles. The Labute approximate surface area is 474 Å². The van der Waals surface area contributed by atoms with Crippen LogP contribution in [-0.4, -0.2) is 62.8 Å². The number of carbonyl (C=O) groups is 3. The molecule has 0 radical (unpaired) electrons. The number of aromatic nitrogens is 6. The molecule has 0 saturated heterocycles. The van der Waals surface area contributed by atoms with Crippen LogP contribution in [0.5, 0.6) is 11.5 Å². The van der Waals surface area contributed by atoms with Crippen molar-refractivity contribution in [1.29, 1.82) is 0 Å². The van der Waals surface area contributed by atoms with Gasteiger partial charge in [-0.2, -0.15) is 18.3 Å². The van der Waals surface area contributed by atoms with Crippen molar-refractivity contribution in [3.63, 3.8) is 0 Å². The Hall–Kier alpha value is -8.51. The van der Waals surface area contributed by atoms with E-state index in [0.29, 0.717) is 72.4 Å². The summed E-state index contributed by atoms with van der Waals surface area (Å²) < 4.78 is 65.1. The van der Waals surface area contributed by atoms with Crippen molar-refractivity contribution in [2.75, 3.05) is 18.1 Å². The van der Waals surface area contributed by atoms with Crippen LogP contribution in [0.15, 0.2) is 141 Å². The van der Waals surface area contributed by atoms with E-state index in [0.717, 1.165) is 65.8 Å². The number of rotatable bonds is 27. The van der Waals surface area contributed by atoms with E-state index in [4.69, 9.17) is 14.9 Å². The molecule has 0 bridgehead atoms. The number of hydrogen-bond donors (Lipinski definition) is 0. The summed E-state index contributed by atoms with van der Waals surface area (Å²) in [5.74, 6) is 1.56. The van der Waals surface area contributed by atoms with Crippen LogP contribution < -0.4 is 19.5 Å². The largest absolute Gasteiger partial charge is 2.00 e. The van der Waals surface area contributed by atoms with Crippen molar-refractivity contribution in [2.45, 2.75) is 71.4 Å². The van der Waals surface area contributed by atoms with E-state index in [1.54, 1.807) is 85.3 Å². The fourth-order valence-corrected chi connectivity index (χ4v) is 7.27. The number of thiocarbonyl (C=S) groups is 1. The summed E-state index contributed by atoms with van der Waals surface area (Å²) in [7, 11) is 0. The second kappa shape index (κ2) is 35.0. The summed E-state index contributed by atoms with van der Waals surface area (Å²) in [6.45, 7) is 6.65. The number of alkyl halides is 3. The van der Waals surface area contributed by atoms with Gasteiger partial charge in [-0.05, 0) is 151 Å². The summed E-state index contributed by atoms with van der Waals surface area (Å²) >= 11 is 3.70. The van der Waals surface area contributed by atoms with Crippen LogP contribution in [0, 0.1) is 0 Å². The van der Waals surface area contributed by atoms with Crippen LogP contribution in [0.1, 0.15) is 87.6 Å². The number of isothiocyanates is 1. The molecule has 79 heavy (non-hydrogen) atoms. The number of ether oxygens (including phenoxy) is 5. The average Bonchev–Trinajstić information content (AvgIpc) is 3.98. The molecule has 0 aliphatic heterocycles. The van der Waals surface area contributed by atoms with Crippen LogP contribution in [0.2, 0.25) is 0 Å². The van der Waals surface area contributed by atoms with E-state index < -0.39 is 11.9 Å². The molecule has 0 atom stereocenters. The molecule has 5 aromatic heterocycles. The zero-order valence-corrected chi connectivity index (χ0v) is 45.6. The minimum atomic E-state index is -4.57. The molecule has 0 spiro atoms. The molecule has 0 aliphatic carbocycles. The molecule has 7 rings (SSSR count). The Morgan fingerprint density at radius 3 is 1.43 bits per heavy atom. The predicted octanol–water partition coefficient (Wildman–Crippen LogP) is 13.8. The molecular weight excluding hydrogens is 1130 g/mol. The molecule has 0 N–H and O–H groups in total. The van der Waals surface area contributed by atoms with Crippen LogP contribution in [0.4, 0.5) is 30.2 Å². The molecule has 0 amide bonds. The molecular formula is C58H55F3N8O8RuS. The van der Waals surface area contributed by atoms with Crippen LogP contribution in [0.25, 0.3) is 57.8 Å². The molecule has 21 heteroatoms. The first-order valence-corrected chi connectivity index (χ1v) is 25.0. The SMILES string of the molecule is CCCCCCOc1ccc(N(c2ccc(OCCCCCC)cc2)c2ccnc(-c3cc(C(F)(F)F)n[n-]3)c2)cc1.O=CO/C=C/c1ccnc(-c2cc(/C=C/OC=O)cc(-c3cc(/C=C/OC=O)ccn3)n2)c1.[N-]=C=S.[Ru+2]. The maximum Gasteiger partial charge on any atom is 2.00 e. The Balaban J connectivity index is 0.000000329. The van der Waals surface area contributed by atoms with E-state index in [1.165, 1.54) is 49.6 Å². The van der Waals surface area contributed by atoms with Gasteiger partial charge < -0.3 is 44.2 Å². The van der Waals surface area contributed by atoms with E-state index in [9.17, 15) is 27.6 Å². The maximum atomic E-state index is 13.1. The van der Waals surface area contributed by atoms with Gasteiger partial charge in [0.1, 0.15) is 17.2 Å². The minimum absolute atomic E-state index is 0. The van der Waals surface area contributed by atoms with Gasteiger partial charge in [0.05, 0.1) is 60.5 Å². The van der Waals surface area contributed by atoms with Crippen molar-refractivity contribution in [3.8, 4) is 45.7 Å². The number of pyridine rings is 4. The molecule has 5 heterocycles. The molecule has 2 aromatic carbocycles. The zero-order chi connectivity index (χ0) is 55.8. The third kappa shape index (κ3) is 21.4. The van der Waals surface area contributed by atoms with Crippen molar-refractivity contribution in [2.24, 2.45) is 0 Å². The van der Waals surface area contributed by atoms with Crippen molar-refractivity contribution < 1.29 is 70.7 Å². The Morgan fingerprint density at radius 2 is 1.00 bits per heavy atom. The standard InChI is InChI=1S/C33H38F3N4O2.C24H17N3O6.CNS.Ru/c1-3-5-7-9-21-41-28-15-11-25(12-16-28)40(26-13-17-29(18-14-26)42-22-10-8-6-4-2)27-19-20-37-30(23-27)31-24-32(39-38-31)33(34,35)36;28-15-31-8-3-18-1-6-25-21(11-18)23-13-20(5-10-33-17-30)14-24(27-23)22-12-19(2-7-26-22)4-9-32-16-29;2-1-3;/h11-20,23-24H,3-10,21-22H2,1-2H3;1-17H;;/q-1;;-1;+2/b;8-3+,9-4+,10-5+;;. The molecule has 0 unspecified atom stereocenters. The molecule has 0 aliphatic rings. The fourth-order valence-electron chi connectivity index (χ4n) is 7.27. The number of nitrogens with zero attached hydrogens (tertiary/aromatic N) is 8. The number of benzene rings is 2. The predicted molar refractivity (Wildman–Crippen MR) is 295 cm³/mol. The van der Waals surface area contributed by atoms with Crippen LogP contribution >= 0.6 is 12.2 Å². The number of anilines is 3. The second-order valence-electron chi connectivity index (χ2n) is 16.5. The van der Waals surface area contributed by atoms with Gasteiger partial charge in [0.25, 0.3) is 19.4 Å². The topological polar surface area (TPSA) is 201 Å². The third-order valence-electron chi connectivity index (χ3n) is 10.9. The Kier molecular flexibility index (Phi) is 27.9. The van der Waals surface area contributed by atoms with Crippen LogP contribution in [0.3, 0.4) is 0 Å². The normalized spacial score (nSPS) is 10.8. The first-order chi connectivity index (χ1) is 38.0. The van der Waals surface area contributed by atoms with Gasteiger partial charge in [-0.15, -0.1) is 0 Å². The molecule has 0 fully saturated rings. The first-order valence-electron chi connectivity index (χ1n) is 24.6. The molecule has 7 aromatic rings. The maximum absolute atomic E-state index is 13.1. The summed E-state index contributed by atoms with van der Waals surface area (Å²) in [4.78, 5) is 50.9. The quantitative estimate of drug-likeness (QED) is 0.00894. The van der Waals surface area contributed by atoms with Crippen molar-refractivity contribution in [1.82, 2.24) is 30.1 Å². The van der Waals surface area contributed by atoms with E-state index in [-0.39, 0.29) is 25.2 Å². The third-order valence-corrected chi connectivity index (χ3v) is 10.9. The van der Waals surface area contributed by atoms with Gasteiger partial charge in [-0.3, -0.25) is 29.3 Å². The number of carbonyl (C=O) groups excluding carboxylic acids is 3. The summed E-state index contributed by atoms with van der Waals surface area (Å²) in [6.07, 6.45) is 17.8. The number of halogens is 3. The Bertz CT molecular complexity index is 2960. The van der Waals surface area contributed by atoms with Gasteiger partial charge >= 0.3 is 25.7 Å². The summed E-state index contributed by atoms with van der Waals surface area (Å²) in [5, 5.41) is 15.5. The minimum Gasteiger partial charge on any atom is -0.753 e. The number of hydrogen-bond acceptors (Lipinski definition) is 15. The molecule has 16 nitrogen and oxygen atoms in total. The average molecular weight is 1180 g/mol. The monoisotopic (exact) mass is 1180 g/mol. The van der Waals surface area contributed by atoms with Gasteiger partial charge in [-0.25, -0.2) is 4.98 Å². The van der Waals surface area contributed by atoms with E-state index >= 15 is 0 Å². The van der Waals surface area contributed by atoms with Gasteiger partial charge in [-0.1, -0.05) is 70.3 Å². The first kappa shape index (κ1) is 63.0. The number of unbranched alkanes of at least 4 members (excludes halogenated alkanes) is 6. The zero-order valence-electron chi connectivity index (χ0n) is 43.1. The summed E-state index contributed by atoms with van der Waals surface area (Å²) in [5.41, 5.74) is 6.10. The smallest absolute Gasteiger partial charge is 0.753 e. The van der Waals surface area contributed by atoms with Gasteiger partial charge in [0.15, 0.2) is 0 Å². The fraction of sp³-hybridized carbons (Fsp3) is 0.224.